The molecule has 8 nitrogen and oxygen atoms in total. The summed E-state index contributed by atoms with van der Waals surface area (Å²) in [4.78, 5) is 28.1. The van der Waals surface area contributed by atoms with Crippen LogP contribution in [0.5, 0.6) is 0 Å². The molecule has 1 fully saturated rings. The fraction of sp³-hybridized carbons (Fsp3) is 0.545. The number of hydrogen-bond donors (Lipinski definition) is 2. The summed E-state index contributed by atoms with van der Waals surface area (Å²) >= 11 is 0. The normalized spacial score (nSPS) is 14.0. The highest BCUT2D eigenvalue weighted by Gasteiger charge is 2.34. The summed E-state index contributed by atoms with van der Waals surface area (Å²) in [5.74, 6) is -0.953. The molecule has 0 unspecified atom stereocenters. The molecule has 2 amide bonds. The molecule has 0 spiro atoms. The SMILES string of the molecule is Cc1nnc(NC(=O)N(CC(=O)O)C2CC2)nc1C. The zero-order valence-corrected chi connectivity index (χ0v) is 10.8. The predicted molar refractivity (Wildman–Crippen MR) is 65.7 cm³/mol. The van der Waals surface area contributed by atoms with Crippen molar-refractivity contribution in [3.05, 3.63) is 11.4 Å². The average molecular weight is 265 g/mol. The number of carboxylic acid groups (broad SMARTS) is 1. The van der Waals surface area contributed by atoms with Crippen molar-refractivity contribution >= 4 is 17.9 Å². The maximum atomic E-state index is 12.0. The van der Waals surface area contributed by atoms with Gasteiger partial charge in [0.2, 0.25) is 0 Å². The molecule has 1 saturated carbocycles. The number of rotatable bonds is 4. The number of urea groups is 1. The minimum Gasteiger partial charge on any atom is -0.480 e. The Balaban J connectivity index is 2.05. The van der Waals surface area contributed by atoms with Crippen LogP contribution in [0.4, 0.5) is 10.7 Å². The van der Waals surface area contributed by atoms with E-state index >= 15 is 0 Å². The average Bonchev–Trinajstić information content (AvgIpc) is 3.14. The van der Waals surface area contributed by atoms with Gasteiger partial charge in [0.05, 0.1) is 11.4 Å². The van der Waals surface area contributed by atoms with Gasteiger partial charge >= 0.3 is 12.0 Å². The molecule has 2 rings (SSSR count). The summed E-state index contributed by atoms with van der Waals surface area (Å²) in [7, 11) is 0. The van der Waals surface area contributed by atoms with E-state index in [9.17, 15) is 9.59 Å². The first-order valence-corrected chi connectivity index (χ1v) is 5.94. The second-order valence-electron chi connectivity index (χ2n) is 4.49. The van der Waals surface area contributed by atoms with Crippen LogP contribution in [0.15, 0.2) is 0 Å². The van der Waals surface area contributed by atoms with E-state index in [4.69, 9.17) is 5.11 Å². The Morgan fingerprint density at radius 3 is 2.53 bits per heavy atom. The molecule has 1 aliphatic carbocycles. The monoisotopic (exact) mass is 265 g/mol. The van der Waals surface area contributed by atoms with Gasteiger partial charge in [-0.1, -0.05) is 0 Å². The molecule has 0 saturated heterocycles. The minimum absolute atomic E-state index is 0.00407. The highest BCUT2D eigenvalue weighted by atomic mass is 16.4. The van der Waals surface area contributed by atoms with Crippen molar-refractivity contribution in [3.8, 4) is 0 Å². The van der Waals surface area contributed by atoms with Crippen molar-refractivity contribution in [3.63, 3.8) is 0 Å². The molecule has 0 aliphatic heterocycles. The van der Waals surface area contributed by atoms with E-state index in [1.54, 1.807) is 13.8 Å². The molecule has 0 radical (unpaired) electrons. The Morgan fingerprint density at radius 1 is 1.32 bits per heavy atom. The first-order valence-electron chi connectivity index (χ1n) is 5.94. The molecule has 19 heavy (non-hydrogen) atoms. The molecular weight excluding hydrogens is 250 g/mol. The fourth-order valence-electron chi connectivity index (χ4n) is 1.58. The van der Waals surface area contributed by atoms with Crippen LogP contribution in [0.3, 0.4) is 0 Å². The first kappa shape index (κ1) is 13.2. The van der Waals surface area contributed by atoms with Crippen LogP contribution < -0.4 is 5.32 Å². The van der Waals surface area contributed by atoms with Crippen molar-refractivity contribution < 1.29 is 14.7 Å². The van der Waals surface area contributed by atoms with Crippen LogP contribution >= 0.6 is 0 Å². The summed E-state index contributed by atoms with van der Waals surface area (Å²) in [5, 5.41) is 18.9. The van der Waals surface area contributed by atoms with Crippen LogP contribution in [-0.2, 0) is 4.79 Å². The second kappa shape index (κ2) is 5.17. The van der Waals surface area contributed by atoms with E-state index < -0.39 is 12.0 Å². The van der Waals surface area contributed by atoms with Gasteiger partial charge in [-0.25, -0.2) is 9.78 Å². The van der Waals surface area contributed by atoms with Gasteiger partial charge in [-0.3, -0.25) is 10.1 Å². The topological polar surface area (TPSA) is 108 Å². The van der Waals surface area contributed by atoms with Crippen LogP contribution in [0.25, 0.3) is 0 Å². The highest BCUT2D eigenvalue weighted by molar-refractivity contribution is 5.90. The van der Waals surface area contributed by atoms with E-state index in [2.05, 4.69) is 20.5 Å². The predicted octanol–water partition coefficient (Wildman–Crippen LogP) is 0.569. The number of aryl methyl sites for hydroxylation is 2. The molecule has 0 aromatic carbocycles. The molecule has 1 aliphatic rings. The fourth-order valence-corrected chi connectivity index (χ4v) is 1.58. The maximum Gasteiger partial charge on any atom is 0.325 e. The summed E-state index contributed by atoms with van der Waals surface area (Å²) in [6, 6.07) is -0.509. The molecule has 1 aromatic heterocycles. The second-order valence-corrected chi connectivity index (χ2v) is 4.49. The Labute approximate surface area is 109 Å². The third-order valence-electron chi connectivity index (χ3n) is 2.86. The zero-order chi connectivity index (χ0) is 14.0. The third kappa shape index (κ3) is 3.36. The van der Waals surface area contributed by atoms with Gasteiger partial charge in [0, 0.05) is 6.04 Å². The maximum absolute atomic E-state index is 12.0. The number of aromatic nitrogens is 3. The number of nitrogens with zero attached hydrogens (tertiary/aromatic N) is 4. The van der Waals surface area contributed by atoms with E-state index in [0.717, 1.165) is 12.8 Å². The van der Waals surface area contributed by atoms with Crippen molar-refractivity contribution in [2.45, 2.75) is 32.7 Å². The van der Waals surface area contributed by atoms with Crippen molar-refractivity contribution in [2.75, 3.05) is 11.9 Å². The number of carbonyl (C=O) groups excluding carboxylic acids is 1. The molecular formula is C11H15N5O3. The lowest BCUT2D eigenvalue weighted by Crippen LogP contribution is -2.40. The molecule has 8 heteroatoms. The smallest absolute Gasteiger partial charge is 0.325 e. The first-order chi connectivity index (χ1) is 8.97. The van der Waals surface area contributed by atoms with Gasteiger partial charge < -0.3 is 10.0 Å². The number of nitrogens with one attached hydrogen (secondary N) is 1. The molecule has 1 aromatic rings. The summed E-state index contributed by atoms with van der Waals surface area (Å²) in [5.41, 5.74) is 1.35. The number of carbonyl (C=O) groups is 2. The largest absolute Gasteiger partial charge is 0.480 e. The standard InChI is InChI=1S/C11H15N5O3/c1-6-7(2)14-15-10(12-6)13-11(19)16(5-9(17)18)8-3-4-8/h8H,3-5H2,1-2H3,(H,17,18)(H,12,13,15,19). The van der Waals surface area contributed by atoms with E-state index in [1.807, 2.05) is 0 Å². The van der Waals surface area contributed by atoms with Crippen LogP contribution in [0, 0.1) is 13.8 Å². The van der Waals surface area contributed by atoms with Gasteiger partial charge in [0.25, 0.3) is 5.95 Å². The van der Waals surface area contributed by atoms with Crippen LogP contribution in [0.1, 0.15) is 24.2 Å². The van der Waals surface area contributed by atoms with Gasteiger partial charge in [-0.2, -0.15) is 5.10 Å². The Bertz CT molecular complexity index is 515. The van der Waals surface area contributed by atoms with E-state index in [0.29, 0.717) is 11.4 Å². The number of hydrogen-bond acceptors (Lipinski definition) is 5. The molecule has 2 N–H and O–H groups in total. The van der Waals surface area contributed by atoms with Gasteiger partial charge in [-0.05, 0) is 26.7 Å². The van der Waals surface area contributed by atoms with Crippen LogP contribution in [-0.4, -0.2) is 49.8 Å². The van der Waals surface area contributed by atoms with E-state index in [1.165, 1.54) is 4.90 Å². The summed E-state index contributed by atoms with van der Waals surface area (Å²) in [6.45, 7) is 3.20. The van der Waals surface area contributed by atoms with Gasteiger partial charge in [0.1, 0.15) is 6.54 Å². The number of aliphatic carboxylic acids is 1. The number of amides is 2. The van der Waals surface area contributed by atoms with Gasteiger partial charge in [-0.15, -0.1) is 5.10 Å². The summed E-state index contributed by atoms with van der Waals surface area (Å²) < 4.78 is 0. The van der Waals surface area contributed by atoms with Crippen LogP contribution in [0.2, 0.25) is 0 Å². The Morgan fingerprint density at radius 2 is 2.00 bits per heavy atom. The third-order valence-corrected chi connectivity index (χ3v) is 2.86. The molecule has 0 atom stereocenters. The molecule has 1 heterocycles. The van der Waals surface area contributed by atoms with Crippen molar-refractivity contribution in [1.82, 2.24) is 20.1 Å². The number of anilines is 1. The van der Waals surface area contributed by atoms with Gasteiger partial charge in [0.15, 0.2) is 0 Å². The Hall–Kier alpha value is -2.25. The lowest BCUT2D eigenvalue weighted by molar-refractivity contribution is -0.137. The van der Waals surface area contributed by atoms with Crippen molar-refractivity contribution in [1.29, 1.82) is 0 Å². The molecule has 102 valence electrons. The zero-order valence-electron chi connectivity index (χ0n) is 10.8. The lowest BCUT2D eigenvalue weighted by Gasteiger charge is -2.19. The molecule has 0 bridgehead atoms. The Kier molecular flexibility index (Phi) is 3.59. The minimum atomic E-state index is -1.04. The lowest BCUT2D eigenvalue weighted by atomic mass is 10.4. The summed E-state index contributed by atoms with van der Waals surface area (Å²) in [6.07, 6.45) is 1.65. The van der Waals surface area contributed by atoms with E-state index in [-0.39, 0.29) is 18.5 Å². The van der Waals surface area contributed by atoms with Crippen molar-refractivity contribution in [2.24, 2.45) is 0 Å². The quantitative estimate of drug-likeness (QED) is 0.823. The highest BCUT2D eigenvalue weighted by Crippen LogP contribution is 2.27. The number of carboxylic acids is 1.